The molecule has 1 aromatic rings. The number of amides is 1. The Bertz CT molecular complexity index is 1060. The summed E-state index contributed by atoms with van der Waals surface area (Å²) in [5, 5.41) is 43.0. The maximum atomic E-state index is 13.4. The molecule has 0 heterocycles. The highest BCUT2D eigenvalue weighted by molar-refractivity contribution is 6.16. The van der Waals surface area contributed by atoms with Crippen molar-refractivity contribution in [3.05, 3.63) is 28.5 Å². The lowest BCUT2D eigenvalue weighted by atomic mass is 9.58. The molecule has 0 aromatic heterocycles. The number of nitrogens with zero attached hydrogens (tertiary/aromatic N) is 1. The van der Waals surface area contributed by atoms with Crippen LogP contribution in [0.1, 0.15) is 28.8 Å². The van der Waals surface area contributed by atoms with Gasteiger partial charge in [-0.05, 0) is 36.8 Å². The van der Waals surface area contributed by atoms with Crippen LogP contribution in [-0.2, 0) is 16.0 Å². The molecule has 1 fully saturated rings. The largest absolute Gasteiger partial charge is 0.508 e. The van der Waals surface area contributed by atoms with E-state index >= 15 is 0 Å². The molecule has 0 radical (unpaired) electrons. The zero-order chi connectivity index (χ0) is 23.0. The number of fused-ring (bicyclic) bond motifs is 3. The minimum absolute atomic E-state index is 0.0209. The molecule has 5 atom stereocenters. The lowest BCUT2D eigenvalue weighted by molar-refractivity contribution is -0.167. The summed E-state index contributed by atoms with van der Waals surface area (Å²) in [6, 6.07) is 1.56. The van der Waals surface area contributed by atoms with Crippen molar-refractivity contribution in [2.75, 3.05) is 24.7 Å². The summed E-state index contributed by atoms with van der Waals surface area (Å²) in [5.74, 6) is -7.42. The van der Waals surface area contributed by atoms with Gasteiger partial charge >= 0.3 is 0 Å². The SMILES string of the molecule is CN(C)c1cc(N)c(O)c2c1C[C@H]1C[C@H]3CC(O)C(C(N)=O)C(=O)[C@@]3(O)C(O)=C1C2=O. The van der Waals surface area contributed by atoms with Crippen LogP contribution >= 0.6 is 0 Å². The van der Waals surface area contributed by atoms with Crippen LogP contribution < -0.4 is 16.4 Å². The fourth-order valence-electron chi connectivity index (χ4n) is 5.39. The number of carbonyl (C=O) groups is 3. The van der Waals surface area contributed by atoms with Crippen molar-refractivity contribution in [1.29, 1.82) is 0 Å². The van der Waals surface area contributed by atoms with Gasteiger partial charge in [0.2, 0.25) is 5.91 Å². The summed E-state index contributed by atoms with van der Waals surface area (Å²) in [7, 11) is 3.53. The first kappa shape index (κ1) is 21.1. The smallest absolute Gasteiger partial charge is 0.230 e. The van der Waals surface area contributed by atoms with Crippen LogP contribution in [0.3, 0.4) is 0 Å². The van der Waals surface area contributed by atoms with Gasteiger partial charge in [0.25, 0.3) is 0 Å². The number of nitrogen functional groups attached to an aromatic ring is 1. The molecule has 3 aliphatic rings. The maximum Gasteiger partial charge on any atom is 0.230 e. The molecule has 1 saturated carbocycles. The van der Waals surface area contributed by atoms with E-state index in [1.165, 1.54) is 0 Å². The first-order valence-electron chi connectivity index (χ1n) is 9.95. The number of carbonyl (C=O) groups excluding carboxylic acids is 3. The summed E-state index contributed by atoms with van der Waals surface area (Å²) >= 11 is 0. The van der Waals surface area contributed by atoms with E-state index in [2.05, 4.69) is 0 Å². The summed E-state index contributed by atoms with van der Waals surface area (Å²) < 4.78 is 0. The van der Waals surface area contributed by atoms with Crippen molar-refractivity contribution in [2.45, 2.75) is 31.0 Å². The van der Waals surface area contributed by atoms with Crippen molar-refractivity contribution in [1.82, 2.24) is 0 Å². The molecule has 1 amide bonds. The summed E-state index contributed by atoms with van der Waals surface area (Å²) in [4.78, 5) is 39.8. The number of nitrogens with two attached hydrogens (primary N) is 2. The highest BCUT2D eigenvalue weighted by Crippen LogP contribution is 2.53. The first-order valence-corrected chi connectivity index (χ1v) is 9.95. The van der Waals surface area contributed by atoms with Gasteiger partial charge in [0.05, 0.1) is 17.4 Å². The number of allylic oxidation sites excluding steroid dienone is 1. The van der Waals surface area contributed by atoms with E-state index < -0.39 is 58.4 Å². The van der Waals surface area contributed by atoms with Crippen LogP contribution in [0.15, 0.2) is 17.4 Å². The summed E-state index contributed by atoms with van der Waals surface area (Å²) in [6.45, 7) is 0. The van der Waals surface area contributed by atoms with Gasteiger partial charge in [-0.1, -0.05) is 0 Å². The van der Waals surface area contributed by atoms with E-state index in [1.54, 1.807) is 25.1 Å². The fourth-order valence-corrected chi connectivity index (χ4v) is 5.39. The van der Waals surface area contributed by atoms with Crippen LogP contribution in [-0.4, -0.2) is 63.7 Å². The van der Waals surface area contributed by atoms with Gasteiger partial charge < -0.3 is 36.8 Å². The molecule has 0 spiro atoms. The zero-order valence-electron chi connectivity index (χ0n) is 17.1. The van der Waals surface area contributed by atoms with Crippen molar-refractivity contribution < 1.29 is 34.8 Å². The van der Waals surface area contributed by atoms with Gasteiger partial charge in [-0.15, -0.1) is 0 Å². The summed E-state index contributed by atoms with van der Waals surface area (Å²) in [5.41, 5.74) is 9.48. The third-order valence-electron chi connectivity index (χ3n) is 6.88. The highest BCUT2D eigenvalue weighted by Gasteiger charge is 2.62. The predicted molar refractivity (Wildman–Crippen MR) is 109 cm³/mol. The number of anilines is 2. The van der Waals surface area contributed by atoms with Gasteiger partial charge in [0.1, 0.15) is 17.4 Å². The number of primary amides is 1. The molecule has 4 rings (SSSR count). The number of aliphatic hydroxyl groups excluding tert-OH is 2. The third-order valence-corrected chi connectivity index (χ3v) is 6.88. The second kappa shape index (κ2) is 6.69. The lowest BCUT2D eigenvalue weighted by Crippen LogP contribution is -2.63. The molecule has 31 heavy (non-hydrogen) atoms. The second-order valence-corrected chi connectivity index (χ2v) is 8.82. The Morgan fingerprint density at radius 2 is 1.87 bits per heavy atom. The van der Waals surface area contributed by atoms with Gasteiger partial charge in [0.15, 0.2) is 17.2 Å². The van der Waals surface area contributed by atoms with E-state index in [0.29, 0.717) is 11.3 Å². The molecular formula is C21H25N3O7. The molecule has 0 bridgehead atoms. The number of Topliss-reactive ketones (excluding diaryl/α,β-unsaturated/α-hetero) is 2. The van der Waals surface area contributed by atoms with Gasteiger partial charge in [0, 0.05) is 31.3 Å². The average molecular weight is 431 g/mol. The van der Waals surface area contributed by atoms with Crippen molar-refractivity contribution in [3.8, 4) is 5.75 Å². The van der Waals surface area contributed by atoms with Crippen molar-refractivity contribution >= 4 is 28.8 Å². The van der Waals surface area contributed by atoms with Crippen molar-refractivity contribution in [3.63, 3.8) is 0 Å². The molecule has 3 aliphatic carbocycles. The van der Waals surface area contributed by atoms with Crippen LogP contribution in [0.25, 0.3) is 0 Å². The number of ketones is 2. The molecule has 2 unspecified atom stereocenters. The average Bonchev–Trinajstić information content (AvgIpc) is 2.66. The normalized spacial score (nSPS) is 32.3. The Morgan fingerprint density at radius 3 is 2.45 bits per heavy atom. The number of hydrogen-bond donors (Lipinski definition) is 6. The predicted octanol–water partition coefficient (Wildman–Crippen LogP) is -0.606. The van der Waals surface area contributed by atoms with Crippen LogP contribution in [0.5, 0.6) is 5.75 Å². The number of phenols is 1. The second-order valence-electron chi connectivity index (χ2n) is 8.82. The van der Waals surface area contributed by atoms with Crippen LogP contribution in [0.2, 0.25) is 0 Å². The molecule has 0 saturated heterocycles. The lowest BCUT2D eigenvalue weighted by Gasteiger charge is -2.48. The molecule has 1 aromatic carbocycles. The van der Waals surface area contributed by atoms with Crippen LogP contribution in [0.4, 0.5) is 11.4 Å². The Balaban J connectivity index is 1.92. The summed E-state index contributed by atoms with van der Waals surface area (Å²) in [6.07, 6.45) is -1.17. The molecule has 10 nitrogen and oxygen atoms in total. The van der Waals surface area contributed by atoms with E-state index in [4.69, 9.17) is 11.5 Å². The number of rotatable bonds is 2. The first-order chi connectivity index (χ1) is 14.4. The van der Waals surface area contributed by atoms with E-state index in [9.17, 15) is 34.8 Å². The van der Waals surface area contributed by atoms with Crippen molar-refractivity contribution in [2.24, 2.45) is 23.5 Å². The number of phenolic OH excluding ortho intramolecular Hbond substituents is 1. The van der Waals surface area contributed by atoms with Gasteiger partial charge in [-0.3, -0.25) is 14.4 Å². The molecule has 166 valence electrons. The van der Waals surface area contributed by atoms with Gasteiger partial charge in [-0.2, -0.15) is 0 Å². The third kappa shape index (κ3) is 2.68. The number of aliphatic hydroxyl groups is 3. The standard InChI is InChI=1S/C21H25N3O7/c1-24(2)11-6-10(22)16(26)14-9(11)4-7-3-8-5-12(25)15(20(23)30)19(29)21(8,31)18(28)13(7)17(14)27/h6-8,12,15,25-26,28,31H,3-5,22H2,1-2H3,(H2,23,30)/t7-,8+,12?,15?,21+/m1/s1. The Kier molecular flexibility index (Phi) is 4.56. The monoisotopic (exact) mass is 431 g/mol. The Hall–Kier alpha value is -3.11. The molecule has 10 heteroatoms. The minimum atomic E-state index is -2.52. The quantitative estimate of drug-likeness (QED) is 0.202. The Morgan fingerprint density at radius 1 is 1.23 bits per heavy atom. The van der Waals surface area contributed by atoms with Gasteiger partial charge in [-0.25, -0.2) is 0 Å². The molecule has 8 N–H and O–H groups in total. The molecular weight excluding hydrogens is 406 g/mol. The number of benzene rings is 1. The van der Waals surface area contributed by atoms with E-state index in [-0.39, 0.29) is 36.1 Å². The number of aromatic hydroxyl groups is 1. The van der Waals surface area contributed by atoms with E-state index in [0.717, 1.165) is 0 Å². The van der Waals surface area contributed by atoms with E-state index in [1.807, 2.05) is 0 Å². The zero-order valence-corrected chi connectivity index (χ0v) is 17.1. The fraction of sp³-hybridized carbons (Fsp3) is 0.476. The highest BCUT2D eigenvalue weighted by atomic mass is 16.3. The topological polar surface area (TPSA) is 187 Å². The number of hydrogen-bond acceptors (Lipinski definition) is 9. The minimum Gasteiger partial charge on any atom is -0.508 e. The molecule has 0 aliphatic heterocycles. The van der Waals surface area contributed by atoms with Crippen LogP contribution in [0, 0.1) is 17.8 Å². The maximum absolute atomic E-state index is 13.4. The Labute approximate surface area is 177 Å².